The Morgan fingerprint density at radius 1 is 1.40 bits per heavy atom. The van der Waals surface area contributed by atoms with Crippen molar-refractivity contribution >= 4 is 23.3 Å². The summed E-state index contributed by atoms with van der Waals surface area (Å²) in [5.74, 6) is -0.427. The molecule has 1 saturated heterocycles. The lowest BCUT2D eigenvalue weighted by Gasteiger charge is -2.37. The Hall–Kier alpha value is -1.60. The molecule has 0 radical (unpaired) electrons. The van der Waals surface area contributed by atoms with Crippen molar-refractivity contribution in [1.82, 2.24) is 10.6 Å². The highest BCUT2D eigenvalue weighted by Crippen LogP contribution is 2.34. The van der Waals surface area contributed by atoms with Crippen molar-refractivity contribution in [3.63, 3.8) is 0 Å². The van der Waals surface area contributed by atoms with Crippen LogP contribution in [0.25, 0.3) is 0 Å². The summed E-state index contributed by atoms with van der Waals surface area (Å²) >= 11 is 1.63. The van der Waals surface area contributed by atoms with Gasteiger partial charge >= 0.3 is 6.03 Å². The van der Waals surface area contributed by atoms with E-state index in [1.165, 1.54) is 0 Å². The van der Waals surface area contributed by atoms with Crippen LogP contribution in [-0.2, 0) is 15.1 Å². The third kappa shape index (κ3) is 3.71. The lowest BCUT2D eigenvalue weighted by Crippen LogP contribution is -2.52. The maximum Gasteiger partial charge on any atom is 0.315 e. The zero-order valence-electron chi connectivity index (χ0n) is 11.2. The normalized spacial score (nSPS) is 17.4. The van der Waals surface area contributed by atoms with Crippen molar-refractivity contribution in [2.75, 3.05) is 19.8 Å². The molecule has 2 rings (SSSR count). The summed E-state index contributed by atoms with van der Waals surface area (Å²) in [6.45, 7) is 1.50. The van der Waals surface area contributed by atoms with Gasteiger partial charge in [0.25, 0.3) is 0 Å². The summed E-state index contributed by atoms with van der Waals surface area (Å²) in [6.07, 6.45) is 1.63. The van der Waals surface area contributed by atoms with Crippen molar-refractivity contribution in [2.24, 2.45) is 5.73 Å². The zero-order valence-corrected chi connectivity index (χ0v) is 12.0. The van der Waals surface area contributed by atoms with Gasteiger partial charge in [0.1, 0.15) is 0 Å². The molecule has 1 aromatic heterocycles. The molecule has 0 saturated carbocycles. The molecule has 1 fully saturated rings. The number of nitrogens with two attached hydrogens (primary N) is 1. The number of carbonyl (C=O) groups is 2. The predicted octanol–water partition coefficient (Wildman–Crippen LogP) is 0.928. The van der Waals surface area contributed by atoms with Gasteiger partial charge in [-0.3, -0.25) is 4.79 Å². The van der Waals surface area contributed by atoms with Crippen LogP contribution in [0.1, 0.15) is 24.1 Å². The van der Waals surface area contributed by atoms with Crippen LogP contribution >= 0.6 is 11.3 Å². The Balaban J connectivity index is 1.98. The SMILES string of the molecule is NC(=O)CCNC(=O)NC1(c2cccs2)CCOCC1. The van der Waals surface area contributed by atoms with Crippen LogP contribution < -0.4 is 16.4 Å². The molecule has 1 aromatic rings. The molecule has 0 unspecified atom stereocenters. The van der Waals surface area contributed by atoms with E-state index in [1.54, 1.807) is 11.3 Å². The Morgan fingerprint density at radius 3 is 2.75 bits per heavy atom. The van der Waals surface area contributed by atoms with Gasteiger partial charge in [-0.25, -0.2) is 4.79 Å². The summed E-state index contributed by atoms with van der Waals surface area (Å²) in [4.78, 5) is 23.8. The molecular formula is C13H19N3O3S. The molecule has 0 spiro atoms. The lowest BCUT2D eigenvalue weighted by molar-refractivity contribution is -0.117. The minimum absolute atomic E-state index is 0.141. The minimum Gasteiger partial charge on any atom is -0.381 e. The van der Waals surface area contributed by atoms with Crippen molar-refractivity contribution in [1.29, 1.82) is 0 Å². The van der Waals surface area contributed by atoms with E-state index in [2.05, 4.69) is 10.6 Å². The average molecular weight is 297 g/mol. The molecule has 3 amide bonds. The van der Waals surface area contributed by atoms with Crippen molar-refractivity contribution < 1.29 is 14.3 Å². The molecular weight excluding hydrogens is 278 g/mol. The Bertz CT molecular complexity index is 455. The van der Waals surface area contributed by atoms with Crippen molar-refractivity contribution in [3.05, 3.63) is 22.4 Å². The second kappa shape index (κ2) is 6.71. The topological polar surface area (TPSA) is 93.5 Å². The van der Waals surface area contributed by atoms with E-state index >= 15 is 0 Å². The van der Waals surface area contributed by atoms with Crippen LogP contribution in [0.4, 0.5) is 4.79 Å². The van der Waals surface area contributed by atoms with Crippen LogP contribution in [0, 0.1) is 0 Å². The standard InChI is InChI=1S/C13H19N3O3S/c14-11(17)3-6-15-12(18)16-13(4-7-19-8-5-13)10-2-1-9-20-10/h1-2,9H,3-8H2,(H2,14,17)(H2,15,16,18). The number of primary amides is 1. The summed E-state index contributed by atoms with van der Waals surface area (Å²) < 4.78 is 5.39. The van der Waals surface area contributed by atoms with Crippen molar-refractivity contribution in [2.45, 2.75) is 24.8 Å². The highest BCUT2D eigenvalue weighted by molar-refractivity contribution is 7.10. The molecule has 2 heterocycles. The smallest absolute Gasteiger partial charge is 0.315 e. The molecule has 0 aromatic carbocycles. The monoisotopic (exact) mass is 297 g/mol. The number of urea groups is 1. The minimum atomic E-state index is -0.427. The molecule has 110 valence electrons. The summed E-state index contributed by atoms with van der Waals surface area (Å²) in [5, 5.41) is 7.70. The number of ether oxygens (including phenoxy) is 1. The van der Waals surface area contributed by atoms with E-state index < -0.39 is 5.91 Å². The first-order valence-corrected chi connectivity index (χ1v) is 7.46. The summed E-state index contributed by atoms with van der Waals surface area (Å²) in [5.41, 5.74) is 4.67. The Morgan fingerprint density at radius 2 is 2.15 bits per heavy atom. The molecule has 0 bridgehead atoms. The third-order valence-electron chi connectivity index (χ3n) is 3.35. The first-order valence-electron chi connectivity index (χ1n) is 6.58. The Labute approximate surface area is 121 Å². The molecule has 6 nitrogen and oxygen atoms in total. The molecule has 1 aliphatic rings. The highest BCUT2D eigenvalue weighted by Gasteiger charge is 2.36. The van der Waals surface area contributed by atoms with Gasteiger partial charge < -0.3 is 21.1 Å². The lowest BCUT2D eigenvalue weighted by atomic mass is 9.88. The zero-order chi connectivity index (χ0) is 14.4. The van der Waals surface area contributed by atoms with Gasteiger partial charge in [0.05, 0.1) is 5.54 Å². The van der Waals surface area contributed by atoms with E-state index in [-0.39, 0.29) is 24.5 Å². The molecule has 1 aliphatic heterocycles. The molecule has 0 aliphatic carbocycles. The van der Waals surface area contributed by atoms with Crippen LogP contribution in [-0.4, -0.2) is 31.7 Å². The second-order valence-electron chi connectivity index (χ2n) is 4.77. The average Bonchev–Trinajstić information content (AvgIpc) is 2.93. The fourth-order valence-electron chi connectivity index (χ4n) is 2.26. The van der Waals surface area contributed by atoms with Gasteiger partial charge in [-0.1, -0.05) is 6.07 Å². The van der Waals surface area contributed by atoms with E-state index in [1.807, 2.05) is 17.5 Å². The number of thiophene rings is 1. The van der Waals surface area contributed by atoms with Gasteiger partial charge in [0, 0.05) is 31.1 Å². The maximum atomic E-state index is 12.0. The molecule has 0 atom stereocenters. The first kappa shape index (κ1) is 14.8. The van der Waals surface area contributed by atoms with Gasteiger partial charge in [0.2, 0.25) is 5.91 Å². The number of hydrogen-bond acceptors (Lipinski definition) is 4. The van der Waals surface area contributed by atoms with E-state index in [4.69, 9.17) is 10.5 Å². The Kier molecular flexibility index (Phi) is 4.97. The van der Waals surface area contributed by atoms with Gasteiger partial charge in [-0.2, -0.15) is 0 Å². The summed E-state index contributed by atoms with van der Waals surface area (Å²) in [6, 6.07) is 3.73. The fourth-order valence-corrected chi connectivity index (χ4v) is 3.21. The van der Waals surface area contributed by atoms with Crippen LogP contribution in [0.2, 0.25) is 0 Å². The van der Waals surface area contributed by atoms with Crippen LogP contribution in [0.15, 0.2) is 17.5 Å². The number of carbonyl (C=O) groups excluding carboxylic acids is 2. The quantitative estimate of drug-likeness (QED) is 0.754. The van der Waals surface area contributed by atoms with Crippen molar-refractivity contribution in [3.8, 4) is 0 Å². The molecule has 7 heteroatoms. The molecule has 4 N–H and O–H groups in total. The second-order valence-corrected chi connectivity index (χ2v) is 5.72. The largest absolute Gasteiger partial charge is 0.381 e. The molecule has 20 heavy (non-hydrogen) atoms. The van der Waals surface area contributed by atoms with Crippen LogP contribution in [0.3, 0.4) is 0 Å². The summed E-state index contributed by atoms with van der Waals surface area (Å²) in [7, 11) is 0. The van der Waals surface area contributed by atoms with E-state index in [9.17, 15) is 9.59 Å². The first-order chi connectivity index (χ1) is 9.62. The third-order valence-corrected chi connectivity index (χ3v) is 4.42. The van der Waals surface area contributed by atoms with Gasteiger partial charge in [-0.15, -0.1) is 11.3 Å². The van der Waals surface area contributed by atoms with E-state index in [0.717, 1.165) is 17.7 Å². The highest BCUT2D eigenvalue weighted by atomic mass is 32.1. The maximum absolute atomic E-state index is 12.0. The number of amides is 3. The number of hydrogen-bond donors (Lipinski definition) is 3. The number of rotatable bonds is 5. The number of nitrogens with one attached hydrogen (secondary N) is 2. The van der Waals surface area contributed by atoms with Crippen LogP contribution in [0.5, 0.6) is 0 Å². The van der Waals surface area contributed by atoms with E-state index in [0.29, 0.717) is 13.2 Å². The fraction of sp³-hybridized carbons (Fsp3) is 0.538. The van der Waals surface area contributed by atoms with Gasteiger partial charge in [-0.05, 0) is 24.3 Å². The van der Waals surface area contributed by atoms with Gasteiger partial charge in [0.15, 0.2) is 0 Å². The predicted molar refractivity (Wildman–Crippen MR) is 76.4 cm³/mol.